The highest BCUT2D eigenvalue weighted by Gasteiger charge is 2.45. The van der Waals surface area contributed by atoms with Crippen LogP contribution in [0.15, 0.2) is 54.5 Å². The van der Waals surface area contributed by atoms with Crippen molar-refractivity contribution in [3.63, 3.8) is 0 Å². The van der Waals surface area contributed by atoms with E-state index in [1.165, 1.54) is 4.90 Å². The summed E-state index contributed by atoms with van der Waals surface area (Å²) in [6.07, 6.45) is 0.216. The van der Waals surface area contributed by atoms with Crippen LogP contribution in [-0.2, 0) is 9.47 Å². The van der Waals surface area contributed by atoms with Crippen molar-refractivity contribution in [1.82, 2.24) is 9.88 Å². The number of carbonyl (C=O) groups excluding carboxylic acids is 1. The van der Waals surface area contributed by atoms with Gasteiger partial charge in [-0.3, -0.25) is 0 Å². The zero-order chi connectivity index (χ0) is 22.5. The molecule has 5 rings (SSSR count). The quantitative estimate of drug-likeness (QED) is 0.549. The van der Waals surface area contributed by atoms with Gasteiger partial charge in [-0.15, -0.1) is 0 Å². The Morgan fingerprint density at radius 2 is 1.97 bits per heavy atom. The molecule has 0 saturated carbocycles. The summed E-state index contributed by atoms with van der Waals surface area (Å²) in [5.74, 6) is 1.54. The third-order valence-electron chi connectivity index (χ3n) is 5.11. The highest BCUT2D eigenvalue weighted by atomic mass is 16.7. The molecule has 2 aliphatic heterocycles. The number of fused-ring (bicyclic) bond motifs is 2. The van der Waals surface area contributed by atoms with Gasteiger partial charge >= 0.3 is 6.09 Å². The number of rotatable bonds is 2. The molecule has 1 unspecified atom stereocenters. The van der Waals surface area contributed by atoms with Crippen molar-refractivity contribution in [2.75, 3.05) is 6.79 Å². The average molecular weight is 431 g/mol. The van der Waals surface area contributed by atoms with Crippen molar-refractivity contribution >= 4 is 22.8 Å². The van der Waals surface area contributed by atoms with E-state index in [-0.39, 0.29) is 12.6 Å². The number of nitrogens with zero attached hydrogens (tertiary/aromatic N) is 2. The van der Waals surface area contributed by atoms with E-state index in [0.29, 0.717) is 28.4 Å². The highest BCUT2D eigenvalue weighted by molar-refractivity contribution is 5.93. The first-order valence-electron chi connectivity index (χ1n) is 10.1. The maximum atomic E-state index is 13.2. The van der Waals surface area contributed by atoms with Gasteiger partial charge in [0.2, 0.25) is 6.79 Å². The standard InChI is InChI=1S/C24H21N3O5/c1-24(2,3)32-23(28)27-21(25-4)20(16-12-26-17-8-6-5-7-15(16)17)31-22(27)14-9-10-18-19(11-14)30-13-29-18/h5-12,22,26H,13H2,1-3H3. The topological polar surface area (TPSA) is 77.4 Å². The second kappa shape index (κ2) is 7.24. The Morgan fingerprint density at radius 1 is 1.19 bits per heavy atom. The molecule has 2 aliphatic rings. The second-order valence-corrected chi connectivity index (χ2v) is 8.45. The molecule has 1 amide bonds. The zero-order valence-electron chi connectivity index (χ0n) is 17.8. The van der Waals surface area contributed by atoms with Crippen LogP contribution >= 0.6 is 0 Å². The van der Waals surface area contributed by atoms with E-state index < -0.39 is 17.9 Å². The van der Waals surface area contributed by atoms with Crippen LogP contribution in [-0.4, -0.2) is 28.4 Å². The molecule has 0 spiro atoms. The number of hydrogen-bond acceptors (Lipinski definition) is 5. The summed E-state index contributed by atoms with van der Waals surface area (Å²) < 4.78 is 22.8. The van der Waals surface area contributed by atoms with Gasteiger partial charge in [0.05, 0.1) is 0 Å². The number of aromatic amines is 1. The number of benzene rings is 2. The normalized spacial score (nSPS) is 17.4. The molecule has 0 bridgehead atoms. The van der Waals surface area contributed by atoms with Crippen LogP contribution in [0.5, 0.6) is 11.5 Å². The fourth-order valence-corrected chi connectivity index (χ4v) is 3.76. The van der Waals surface area contributed by atoms with Gasteiger partial charge in [-0.2, -0.15) is 4.90 Å². The Morgan fingerprint density at radius 3 is 2.75 bits per heavy atom. The largest absolute Gasteiger partial charge is 0.495 e. The van der Waals surface area contributed by atoms with E-state index in [4.69, 9.17) is 25.5 Å². The van der Waals surface area contributed by atoms with Crippen molar-refractivity contribution < 1.29 is 23.7 Å². The summed E-state index contributed by atoms with van der Waals surface area (Å²) in [6, 6.07) is 13.0. The van der Waals surface area contributed by atoms with Gasteiger partial charge in [-0.05, 0) is 45.0 Å². The van der Waals surface area contributed by atoms with Gasteiger partial charge in [0.1, 0.15) is 5.60 Å². The molecule has 0 saturated heterocycles. The fraction of sp³-hybridized carbons (Fsp3) is 0.250. The molecule has 162 valence electrons. The molecule has 0 radical (unpaired) electrons. The predicted octanol–water partition coefficient (Wildman–Crippen LogP) is 5.41. The third kappa shape index (κ3) is 3.28. The summed E-state index contributed by atoms with van der Waals surface area (Å²) in [6.45, 7) is 13.3. The van der Waals surface area contributed by atoms with E-state index in [1.807, 2.05) is 24.3 Å². The van der Waals surface area contributed by atoms with E-state index in [9.17, 15) is 4.79 Å². The third-order valence-corrected chi connectivity index (χ3v) is 5.11. The number of para-hydroxylation sites is 1. The molecule has 0 fully saturated rings. The molecule has 1 N–H and O–H groups in total. The van der Waals surface area contributed by atoms with Crippen LogP contribution in [0.25, 0.3) is 21.5 Å². The minimum atomic E-state index is -0.896. The van der Waals surface area contributed by atoms with Gasteiger partial charge in [-0.25, -0.2) is 4.79 Å². The van der Waals surface area contributed by atoms with Crippen LogP contribution in [0.3, 0.4) is 0 Å². The van der Waals surface area contributed by atoms with Gasteiger partial charge < -0.3 is 28.8 Å². The summed E-state index contributed by atoms with van der Waals surface area (Å²) in [7, 11) is 0. The number of aromatic nitrogens is 1. The van der Waals surface area contributed by atoms with Crippen molar-refractivity contribution in [1.29, 1.82) is 0 Å². The molecule has 8 nitrogen and oxygen atoms in total. The van der Waals surface area contributed by atoms with Crippen molar-refractivity contribution in [3.8, 4) is 11.5 Å². The molecule has 0 aliphatic carbocycles. The van der Waals surface area contributed by atoms with Crippen LogP contribution in [0, 0.1) is 6.57 Å². The minimum absolute atomic E-state index is 0.0617. The van der Waals surface area contributed by atoms with Gasteiger partial charge in [0.15, 0.2) is 17.3 Å². The van der Waals surface area contributed by atoms with Crippen LogP contribution in [0.2, 0.25) is 0 Å². The molecular weight excluding hydrogens is 410 g/mol. The van der Waals surface area contributed by atoms with Crippen LogP contribution in [0.4, 0.5) is 4.79 Å². The molecule has 8 heteroatoms. The number of hydrogen-bond donors (Lipinski definition) is 1. The lowest BCUT2D eigenvalue weighted by Crippen LogP contribution is -2.36. The van der Waals surface area contributed by atoms with Gasteiger partial charge in [0, 0.05) is 28.2 Å². The van der Waals surface area contributed by atoms with E-state index in [1.54, 1.807) is 45.2 Å². The SMILES string of the molecule is [C-]#[N+]C1=C(c2c[nH]c3ccccc23)OC(c2ccc3c(c2)OCO3)N1C(=O)OC(C)(C)C. The Kier molecular flexibility index (Phi) is 4.48. The van der Waals surface area contributed by atoms with Gasteiger partial charge in [0.25, 0.3) is 12.0 Å². The summed E-state index contributed by atoms with van der Waals surface area (Å²) >= 11 is 0. The van der Waals surface area contributed by atoms with Crippen LogP contribution < -0.4 is 9.47 Å². The number of carbonyl (C=O) groups is 1. The van der Waals surface area contributed by atoms with Crippen molar-refractivity contribution in [2.24, 2.45) is 0 Å². The smallest absolute Gasteiger partial charge is 0.458 e. The van der Waals surface area contributed by atoms with E-state index in [2.05, 4.69) is 9.83 Å². The lowest BCUT2D eigenvalue weighted by molar-refractivity contribution is -0.00112. The molecule has 3 heterocycles. The summed E-state index contributed by atoms with van der Waals surface area (Å²) in [5, 5.41) is 0.888. The maximum absolute atomic E-state index is 13.2. The molecule has 32 heavy (non-hydrogen) atoms. The number of ether oxygens (including phenoxy) is 4. The highest BCUT2D eigenvalue weighted by Crippen LogP contribution is 2.46. The van der Waals surface area contributed by atoms with E-state index >= 15 is 0 Å². The first-order chi connectivity index (χ1) is 15.4. The Bertz CT molecular complexity index is 1290. The van der Waals surface area contributed by atoms with Gasteiger partial charge in [-0.1, -0.05) is 24.8 Å². The Labute approximate surface area is 184 Å². The first kappa shape index (κ1) is 19.8. The molecule has 1 aromatic heterocycles. The first-order valence-corrected chi connectivity index (χ1v) is 10.1. The zero-order valence-corrected chi connectivity index (χ0v) is 17.8. The van der Waals surface area contributed by atoms with Crippen molar-refractivity contribution in [3.05, 3.63) is 77.0 Å². The monoisotopic (exact) mass is 431 g/mol. The lowest BCUT2D eigenvalue weighted by Gasteiger charge is -2.25. The molecule has 3 aromatic rings. The maximum Gasteiger partial charge on any atom is 0.495 e. The second-order valence-electron chi connectivity index (χ2n) is 8.45. The molecular formula is C24H21N3O5. The molecule has 1 atom stereocenters. The molecule has 2 aromatic carbocycles. The number of nitrogens with one attached hydrogen (secondary N) is 1. The minimum Gasteiger partial charge on any atom is -0.458 e. The van der Waals surface area contributed by atoms with Crippen molar-refractivity contribution in [2.45, 2.75) is 32.6 Å². The summed E-state index contributed by atoms with van der Waals surface area (Å²) in [5.41, 5.74) is 1.49. The Hall–Kier alpha value is -4.12. The predicted molar refractivity (Wildman–Crippen MR) is 116 cm³/mol. The number of amides is 1. The Balaban J connectivity index is 1.63. The average Bonchev–Trinajstić information content (AvgIpc) is 3.47. The number of H-pyrrole nitrogens is 1. The van der Waals surface area contributed by atoms with E-state index in [0.717, 1.165) is 10.9 Å². The summed E-state index contributed by atoms with van der Waals surface area (Å²) in [4.78, 5) is 21.3. The van der Waals surface area contributed by atoms with Crippen LogP contribution in [0.1, 0.15) is 38.1 Å². The lowest BCUT2D eigenvalue weighted by atomic mass is 10.1. The fourth-order valence-electron chi connectivity index (χ4n) is 3.76.